The first-order chi connectivity index (χ1) is 15.1. The second kappa shape index (κ2) is 9.62. The minimum Gasteiger partial charge on any atom is -0.411 e. The Kier molecular flexibility index (Phi) is 6.48. The van der Waals surface area contributed by atoms with Crippen molar-refractivity contribution in [1.82, 2.24) is 10.2 Å². The van der Waals surface area contributed by atoms with Gasteiger partial charge in [-0.15, -0.1) is 10.2 Å². The lowest BCUT2D eigenvalue weighted by atomic mass is 10.1. The maximum absolute atomic E-state index is 13.2. The van der Waals surface area contributed by atoms with Crippen LogP contribution in [-0.2, 0) is 11.3 Å². The average molecular weight is 430 g/mol. The third-order valence-corrected chi connectivity index (χ3v) is 5.63. The van der Waals surface area contributed by atoms with Gasteiger partial charge in [-0.3, -0.25) is 4.79 Å². The fourth-order valence-corrected chi connectivity index (χ4v) is 3.81. The van der Waals surface area contributed by atoms with Crippen LogP contribution in [0.15, 0.2) is 88.5 Å². The molecule has 0 saturated carbocycles. The van der Waals surface area contributed by atoms with Crippen LogP contribution in [0.5, 0.6) is 0 Å². The average Bonchev–Trinajstić information content (AvgIpc) is 3.26. The maximum Gasteiger partial charge on any atom is 0.277 e. The molecule has 0 aliphatic rings. The predicted molar refractivity (Wildman–Crippen MR) is 124 cm³/mol. The fraction of sp³-hybridized carbons (Fsp3) is 0.160. The normalized spacial score (nSPS) is 10.8. The molecular formula is C25H23N3O2S. The minimum atomic E-state index is -0.0189. The van der Waals surface area contributed by atoms with E-state index in [9.17, 15) is 4.79 Å². The molecule has 0 aliphatic carbocycles. The molecule has 4 aromatic rings. The molecule has 0 fully saturated rings. The molecule has 6 heteroatoms. The number of rotatable bonds is 7. The zero-order valence-corrected chi connectivity index (χ0v) is 18.3. The second-order valence-electron chi connectivity index (χ2n) is 7.33. The third-order valence-electron chi connectivity index (χ3n) is 4.82. The van der Waals surface area contributed by atoms with Crippen molar-refractivity contribution in [2.75, 3.05) is 10.7 Å². The lowest BCUT2D eigenvalue weighted by Crippen LogP contribution is -2.32. The molecule has 5 nitrogen and oxygen atoms in total. The number of hydrogen-bond acceptors (Lipinski definition) is 5. The third kappa shape index (κ3) is 5.41. The number of carbonyl (C=O) groups excluding carboxylic acids is 1. The summed E-state index contributed by atoms with van der Waals surface area (Å²) in [6.45, 7) is 4.55. The number of aromatic nitrogens is 2. The second-order valence-corrected chi connectivity index (χ2v) is 8.26. The van der Waals surface area contributed by atoms with Crippen LogP contribution in [0.25, 0.3) is 11.5 Å². The Bertz CT molecular complexity index is 1160. The van der Waals surface area contributed by atoms with E-state index in [2.05, 4.69) is 10.2 Å². The number of hydrogen-bond donors (Lipinski definition) is 0. The van der Waals surface area contributed by atoms with Gasteiger partial charge in [-0.1, -0.05) is 71.9 Å². The summed E-state index contributed by atoms with van der Waals surface area (Å²) in [5.74, 6) is 0.639. The lowest BCUT2D eigenvalue weighted by molar-refractivity contribution is -0.116. The minimum absolute atomic E-state index is 0.0189. The van der Waals surface area contributed by atoms with Crippen LogP contribution in [0.2, 0.25) is 0 Å². The maximum atomic E-state index is 13.2. The molecule has 0 radical (unpaired) electrons. The van der Waals surface area contributed by atoms with Gasteiger partial charge in [0.25, 0.3) is 5.22 Å². The van der Waals surface area contributed by atoms with Gasteiger partial charge in [0.05, 0.1) is 12.3 Å². The summed E-state index contributed by atoms with van der Waals surface area (Å²) in [4.78, 5) is 15.0. The van der Waals surface area contributed by atoms with E-state index in [0.29, 0.717) is 17.7 Å². The molecule has 0 saturated heterocycles. The molecule has 0 bridgehead atoms. The number of carbonyl (C=O) groups is 1. The van der Waals surface area contributed by atoms with E-state index in [4.69, 9.17) is 4.42 Å². The highest BCUT2D eigenvalue weighted by atomic mass is 32.2. The highest BCUT2D eigenvalue weighted by Crippen LogP contribution is 2.25. The van der Waals surface area contributed by atoms with Crippen molar-refractivity contribution < 1.29 is 9.21 Å². The zero-order chi connectivity index (χ0) is 21.6. The van der Waals surface area contributed by atoms with Crippen LogP contribution in [0.4, 0.5) is 5.69 Å². The number of thioether (sulfide) groups is 1. The van der Waals surface area contributed by atoms with E-state index in [0.717, 1.165) is 27.9 Å². The van der Waals surface area contributed by atoms with Crippen LogP contribution in [0.1, 0.15) is 16.7 Å². The molecular weight excluding hydrogens is 406 g/mol. The van der Waals surface area contributed by atoms with Crippen molar-refractivity contribution in [2.45, 2.75) is 25.6 Å². The fourth-order valence-electron chi connectivity index (χ4n) is 3.17. The van der Waals surface area contributed by atoms with Crippen LogP contribution < -0.4 is 4.90 Å². The molecule has 0 unspecified atom stereocenters. The van der Waals surface area contributed by atoms with E-state index in [-0.39, 0.29) is 11.7 Å². The molecule has 1 heterocycles. The molecule has 1 aromatic heterocycles. The first kappa shape index (κ1) is 20.9. The molecule has 4 rings (SSSR count). The number of aryl methyl sites for hydroxylation is 2. The van der Waals surface area contributed by atoms with Gasteiger partial charge in [-0.2, -0.15) is 0 Å². The van der Waals surface area contributed by atoms with Gasteiger partial charge in [0, 0.05) is 11.3 Å². The van der Waals surface area contributed by atoms with Crippen molar-refractivity contribution in [3.8, 4) is 11.5 Å². The molecule has 31 heavy (non-hydrogen) atoms. The Balaban J connectivity index is 1.48. The van der Waals surface area contributed by atoms with E-state index >= 15 is 0 Å². The smallest absolute Gasteiger partial charge is 0.277 e. The number of benzene rings is 3. The summed E-state index contributed by atoms with van der Waals surface area (Å²) < 4.78 is 5.75. The van der Waals surface area contributed by atoms with Gasteiger partial charge in [0.15, 0.2) is 0 Å². The molecule has 1 amide bonds. The Morgan fingerprint density at radius 2 is 1.68 bits per heavy atom. The summed E-state index contributed by atoms with van der Waals surface area (Å²) in [6.07, 6.45) is 0. The summed E-state index contributed by atoms with van der Waals surface area (Å²) in [5.41, 5.74) is 5.08. The van der Waals surface area contributed by atoms with Crippen LogP contribution in [0, 0.1) is 13.8 Å². The van der Waals surface area contributed by atoms with E-state index in [1.807, 2.05) is 92.7 Å². The molecule has 0 atom stereocenters. The van der Waals surface area contributed by atoms with E-state index < -0.39 is 0 Å². The van der Waals surface area contributed by atoms with Crippen LogP contribution >= 0.6 is 11.8 Å². The molecule has 0 spiro atoms. The molecule has 156 valence electrons. The van der Waals surface area contributed by atoms with Crippen molar-refractivity contribution in [3.05, 3.63) is 95.6 Å². The van der Waals surface area contributed by atoms with Crippen LogP contribution in [0.3, 0.4) is 0 Å². The largest absolute Gasteiger partial charge is 0.411 e. The lowest BCUT2D eigenvalue weighted by Gasteiger charge is -2.23. The van der Waals surface area contributed by atoms with Crippen molar-refractivity contribution in [1.29, 1.82) is 0 Å². The summed E-state index contributed by atoms with van der Waals surface area (Å²) in [7, 11) is 0. The van der Waals surface area contributed by atoms with Crippen molar-refractivity contribution in [3.63, 3.8) is 0 Å². The number of anilines is 1. The van der Waals surface area contributed by atoms with E-state index in [1.165, 1.54) is 11.8 Å². The predicted octanol–water partition coefficient (Wildman–Crippen LogP) is 5.68. The Morgan fingerprint density at radius 3 is 2.42 bits per heavy atom. The summed E-state index contributed by atoms with van der Waals surface area (Å²) >= 11 is 1.25. The quantitative estimate of drug-likeness (QED) is 0.354. The Hall–Kier alpha value is -3.38. The first-order valence-electron chi connectivity index (χ1n) is 10.0. The highest BCUT2D eigenvalue weighted by Gasteiger charge is 2.19. The zero-order valence-electron chi connectivity index (χ0n) is 17.5. The van der Waals surface area contributed by atoms with Gasteiger partial charge < -0.3 is 9.32 Å². The highest BCUT2D eigenvalue weighted by molar-refractivity contribution is 7.99. The Labute approximate surface area is 186 Å². The molecule has 3 aromatic carbocycles. The monoisotopic (exact) mass is 429 g/mol. The van der Waals surface area contributed by atoms with E-state index in [1.54, 1.807) is 4.90 Å². The van der Waals surface area contributed by atoms with Gasteiger partial charge in [-0.05, 0) is 49.2 Å². The standard InChI is InChI=1S/C25H23N3O2S/c1-18-11-13-21(14-12-18)24-26-27-25(30-24)31-17-23(29)28(16-20-8-4-3-5-9-20)22-10-6-7-19(2)15-22/h3-15H,16-17H2,1-2H3. The summed E-state index contributed by atoms with van der Waals surface area (Å²) in [6, 6.07) is 25.8. The number of amides is 1. The molecule has 0 aliphatic heterocycles. The van der Waals surface area contributed by atoms with Crippen molar-refractivity contribution in [2.24, 2.45) is 0 Å². The molecule has 0 N–H and O–H groups in total. The van der Waals surface area contributed by atoms with Gasteiger partial charge >= 0.3 is 0 Å². The van der Waals surface area contributed by atoms with Crippen molar-refractivity contribution >= 4 is 23.4 Å². The summed E-state index contributed by atoms with van der Waals surface area (Å²) in [5, 5.41) is 8.59. The Morgan fingerprint density at radius 1 is 0.903 bits per heavy atom. The first-order valence-corrected chi connectivity index (χ1v) is 11.0. The number of nitrogens with zero attached hydrogens (tertiary/aromatic N) is 3. The van der Waals surface area contributed by atoms with Gasteiger partial charge in [0.1, 0.15) is 0 Å². The SMILES string of the molecule is Cc1ccc(-c2nnc(SCC(=O)N(Cc3ccccc3)c3cccc(C)c3)o2)cc1. The van der Waals surface area contributed by atoms with Gasteiger partial charge in [0.2, 0.25) is 11.8 Å². The van der Waals surface area contributed by atoms with Gasteiger partial charge in [-0.25, -0.2) is 0 Å². The van der Waals surface area contributed by atoms with Crippen LogP contribution in [-0.4, -0.2) is 21.9 Å². The topological polar surface area (TPSA) is 59.2 Å².